The Morgan fingerprint density at radius 2 is 1.55 bits per heavy atom. The van der Waals surface area contributed by atoms with Gasteiger partial charge in [0.25, 0.3) is 0 Å². The van der Waals surface area contributed by atoms with E-state index >= 15 is 0 Å². The molecule has 0 amide bonds. The standard InChI is InChI=1S/C6H11Cl3OSi/c7-11(8,9)10-6-4-2-1-3-5-6/h6H,1-5H2. The highest BCUT2D eigenvalue weighted by atomic mass is 35.8. The van der Waals surface area contributed by atoms with E-state index in [2.05, 4.69) is 0 Å². The van der Waals surface area contributed by atoms with Gasteiger partial charge in [-0.15, -0.1) is 0 Å². The van der Waals surface area contributed by atoms with E-state index in [0.29, 0.717) is 0 Å². The van der Waals surface area contributed by atoms with Crippen molar-refractivity contribution in [2.75, 3.05) is 0 Å². The average Bonchev–Trinajstić information content (AvgIpc) is 1.85. The Labute approximate surface area is 82.2 Å². The zero-order valence-corrected chi connectivity index (χ0v) is 9.42. The molecule has 0 spiro atoms. The minimum absolute atomic E-state index is 0.211. The van der Waals surface area contributed by atoms with Crippen LogP contribution in [0.2, 0.25) is 0 Å². The lowest BCUT2D eigenvalue weighted by Crippen LogP contribution is -2.27. The quantitative estimate of drug-likeness (QED) is 0.524. The lowest BCUT2D eigenvalue weighted by Gasteiger charge is -2.24. The van der Waals surface area contributed by atoms with Crippen LogP contribution >= 0.6 is 33.2 Å². The first kappa shape index (κ1) is 10.1. The van der Waals surface area contributed by atoms with Gasteiger partial charge in [-0.1, -0.05) is 52.5 Å². The van der Waals surface area contributed by atoms with Crippen molar-refractivity contribution in [3.63, 3.8) is 0 Å². The third-order valence-electron chi connectivity index (χ3n) is 1.85. The van der Waals surface area contributed by atoms with E-state index in [1.54, 1.807) is 0 Å². The summed E-state index contributed by atoms with van der Waals surface area (Å²) in [5, 5.41) is 0. The normalized spacial score (nSPS) is 22.1. The molecule has 0 bridgehead atoms. The summed E-state index contributed by atoms with van der Waals surface area (Å²) in [7, 11) is 0. The summed E-state index contributed by atoms with van der Waals surface area (Å²) in [5.41, 5.74) is 0. The van der Waals surface area contributed by atoms with Crippen LogP contribution in [-0.4, -0.2) is 12.4 Å². The van der Waals surface area contributed by atoms with Gasteiger partial charge in [-0.3, -0.25) is 0 Å². The van der Waals surface area contributed by atoms with Gasteiger partial charge in [0.05, 0.1) is 0 Å². The summed E-state index contributed by atoms with van der Waals surface area (Å²) in [6.45, 7) is 0. The number of halogens is 3. The van der Waals surface area contributed by atoms with Gasteiger partial charge in [0, 0.05) is 6.10 Å². The van der Waals surface area contributed by atoms with Crippen LogP contribution in [0.3, 0.4) is 0 Å². The molecular formula is C6H11Cl3OSi. The minimum Gasteiger partial charge on any atom is -0.378 e. The lowest BCUT2D eigenvalue weighted by molar-refractivity contribution is 0.161. The first-order chi connectivity index (χ1) is 5.08. The fourth-order valence-corrected chi connectivity index (χ4v) is 3.12. The Bertz CT molecular complexity index is 119. The second kappa shape index (κ2) is 4.33. The summed E-state index contributed by atoms with van der Waals surface area (Å²) >= 11 is 16.8. The maximum absolute atomic E-state index is 5.61. The van der Waals surface area contributed by atoms with E-state index in [-0.39, 0.29) is 6.10 Å². The highest BCUT2D eigenvalue weighted by Crippen LogP contribution is 2.29. The Hall–Kier alpha value is 1.05. The summed E-state index contributed by atoms with van der Waals surface area (Å²) in [6, 6.07) is 0. The second-order valence-corrected chi connectivity index (χ2v) is 10.5. The molecule has 0 aliphatic heterocycles. The monoisotopic (exact) mass is 232 g/mol. The Morgan fingerprint density at radius 3 is 2.00 bits per heavy atom. The molecule has 1 aliphatic carbocycles. The fourth-order valence-electron chi connectivity index (χ4n) is 1.37. The molecule has 0 N–H and O–H groups in total. The average molecular weight is 234 g/mol. The van der Waals surface area contributed by atoms with Gasteiger partial charge >= 0.3 is 6.25 Å². The number of hydrogen-bond donors (Lipinski definition) is 0. The maximum Gasteiger partial charge on any atom is 0.494 e. The summed E-state index contributed by atoms with van der Waals surface area (Å²) < 4.78 is 5.31. The van der Waals surface area contributed by atoms with Crippen molar-refractivity contribution in [2.24, 2.45) is 0 Å². The molecule has 0 radical (unpaired) electrons. The molecule has 1 nitrogen and oxygen atoms in total. The van der Waals surface area contributed by atoms with Crippen molar-refractivity contribution in [1.82, 2.24) is 0 Å². The van der Waals surface area contributed by atoms with Gasteiger partial charge in [0.15, 0.2) is 0 Å². The van der Waals surface area contributed by atoms with E-state index < -0.39 is 6.25 Å². The summed E-state index contributed by atoms with van der Waals surface area (Å²) in [6.07, 6.45) is 3.21. The van der Waals surface area contributed by atoms with Crippen molar-refractivity contribution in [1.29, 1.82) is 0 Å². The summed E-state index contributed by atoms with van der Waals surface area (Å²) in [4.78, 5) is 0. The van der Waals surface area contributed by atoms with Crippen molar-refractivity contribution in [3.05, 3.63) is 0 Å². The van der Waals surface area contributed by atoms with Crippen molar-refractivity contribution >= 4 is 39.5 Å². The van der Waals surface area contributed by atoms with E-state index in [9.17, 15) is 0 Å². The molecule has 0 saturated heterocycles. The van der Waals surface area contributed by atoms with E-state index in [0.717, 1.165) is 12.8 Å². The van der Waals surface area contributed by atoms with Gasteiger partial charge in [-0.2, -0.15) is 0 Å². The second-order valence-electron chi connectivity index (χ2n) is 2.82. The third kappa shape index (κ3) is 4.58. The largest absolute Gasteiger partial charge is 0.494 e. The minimum atomic E-state index is -2.83. The predicted octanol–water partition coefficient (Wildman–Crippen LogP) is 3.49. The van der Waals surface area contributed by atoms with Crippen LogP contribution in [0.15, 0.2) is 0 Å². The number of hydrogen-bond acceptors (Lipinski definition) is 1. The third-order valence-corrected chi connectivity index (χ3v) is 3.25. The van der Waals surface area contributed by atoms with Crippen LogP contribution in [0, 0.1) is 0 Å². The van der Waals surface area contributed by atoms with E-state index in [4.69, 9.17) is 37.7 Å². The van der Waals surface area contributed by atoms with Gasteiger partial charge < -0.3 is 4.43 Å². The van der Waals surface area contributed by atoms with E-state index in [1.807, 2.05) is 0 Å². The molecule has 1 aliphatic rings. The molecule has 11 heavy (non-hydrogen) atoms. The fraction of sp³-hybridized carbons (Fsp3) is 1.00. The van der Waals surface area contributed by atoms with Crippen LogP contribution in [0.1, 0.15) is 32.1 Å². The Kier molecular flexibility index (Phi) is 3.99. The highest BCUT2D eigenvalue weighted by molar-refractivity contribution is 7.62. The molecule has 0 atom stereocenters. The van der Waals surface area contributed by atoms with Gasteiger partial charge in [0.1, 0.15) is 0 Å². The van der Waals surface area contributed by atoms with E-state index in [1.165, 1.54) is 19.3 Å². The number of rotatable bonds is 2. The van der Waals surface area contributed by atoms with Crippen molar-refractivity contribution < 1.29 is 4.43 Å². The van der Waals surface area contributed by atoms with Crippen LogP contribution in [0.4, 0.5) is 0 Å². The first-order valence-electron chi connectivity index (χ1n) is 3.82. The van der Waals surface area contributed by atoms with Crippen molar-refractivity contribution in [3.8, 4) is 0 Å². The molecular weight excluding hydrogens is 223 g/mol. The molecule has 0 heterocycles. The molecule has 1 rings (SSSR count). The molecule has 5 heteroatoms. The van der Waals surface area contributed by atoms with Gasteiger partial charge in [-0.05, 0) is 12.8 Å². The SMILES string of the molecule is Cl[Si](Cl)(Cl)OC1CCCCC1. The van der Waals surface area contributed by atoms with Gasteiger partial charge in [-0.25, -0.2) is 0 Å². The summed E-state index contributed by atoms with van der Waals surface area (Å²) in [5.74, 6) is 0. The molecule has 66 valence electrons. The molecule has 0 aromatic carbocycles. The first-order valence-corrected chi connectivity index (χ1v) is 8.77. The zero-order valence-electron chi connectivity index (χ0n) is 6.16. The zero-order chi connectivity index (χ0) is 8.32. The molecule has 0 aromatic heterocycles. The molecule has 1 fully saturated rings. The molecule has 1 saturated carbocycles. The van der Waals surface area contributed by atoms with Crippen LogP contribution in [-0.2, 0) is 4.43 Å². The predicted molar refractivity (Wildman–Crippen MR) is 51.3 cm³/mol. The van der Waals surface area contributed by atoms with Crippen LogP contribution in [0.25, 0.3) is 0 Å². The maximum atomic E-state index is 5.61. The van der Waals surface area contributed by atoms with Crippen molar-refractivity contribution in [2.45, 2.75) is 38.2 Å². The van der Waals surface area contributed by atoms with Crippen LogP contribution in [0.5, 0.6) is 0 Å². The van der Waals surface area contributed by atoms with Crippen LogP contribution < -0.4 is 0 Å². The van der Waals surface area contributed by atoms with Gasteiger partial charge in [0.2, 0.25) is 0 Å². The molecule has 0 unspecified atom stereocenters. The topological polar surface area (TPSA) is 9.23 Å². The highest BCUT2D eigenvalue weighted by Gasteiger charge is 2.32. The Morgan fingerprint density at radius 1 is 1.00 bits per heavy atom. The lowest BCUT2D eigenvalue weighted by atomic mass is 9.98. The smallest absolute Gasteiger partial charge is 0.378 e. The Balaban J connectivity index is 2.24. The molecule has 0 aromatic rings.